The lowest BCUT2D eigenvalue weighted by Crippen LogP contribution is -2.19. The number of hydrogen-bond acceptors (Lipinski definition) is 3. The summed E-state index contributed by atoms with van der Waals surface area (Å²) in [5.41, 5.74) is 3.95. The highest BCUT2D eigenvalue weighted by atomic mass is 19.1. The van der Waals surface area contributed by atoms with Crippen LogP contribution in [0.5, 0.6) is 5.75 Å². The van der Waals surface area contributed by atoms with Crippen molar-refractivity contribution in [3.05, 3.63) is 65.5 Å². The van der Waals surface area contributed by atoms with E-state index in [1.54, 1.807) is 12.1 Å². The molecule has 0 saturated heterocycles. The Morgan fingerprint density at radius 1 is 1.23 bits per heavy atom. The van der Waals surface area contributed by atoms with Crippen molar-refractivity contribution >= 4 is 12.1 Å². The van der Waals surface area contributed by atoms with Crippen molar-refractivity contribution in [1.29, 1.82) is 0 Å². The van der Waals surface area contributed by atoms with Gasteiger partial charge >= 0.3 is 0 Å². The lowest BCUT2D eigenvalue weighted by Gasteiger charge is -2.05. The number of rotatable bonds is 6. The molecule has 0 spiro atoms. The first-order chi connectivity index (χ1) is 10.7. The van der Waals surface area contributed by atoms with Gasteiger partial charge in [0, 0.05) is 5.56 Å². The second-order valence-electron chi connectivity index (χ2n) is 4.57. The summed E-state index contributed by atoms with van der Waals surface area (Å²) in [6.45, 7) is 2.46. The van der Waals surface area contributed by atoms with E-state index in [-0.39, 0.29) is 18.1 Å². The number of nitrogens with one attached hydrogen (secondary N) is 1. The molecular formula is C17H17FN2O2. The Morgan fingerprint density at radius 2 is 1.95 bits per heavy atom. The van der Waals surface area contributed by atoms with Crippen LogP contribution < -0.4 is 10.2 Å². The third kappa shape index (κ3) is 4.70. The number of amides is 1. The van der Waals surface area contributed by atoms with Gasteiger partial charge in [0.05, 0.1) is 19.2 Å². The number of carbonyl (C=O) groups excluding carboxylic acids is 1. The fourth-order valence-corrected chi connectivity index (χ4v) is 1.88. The van der Waals surface area contributed by atoms with Gasteiger partial charge in [0.1, 0.15) is 11.6 Å². The number of hydrazone groups is 1. The molecule has 0 aliphatic carbocycles. The zero-order valence-corrected chi connectivity index (χ0v) is 12.3. The summed E-state index contributed by atoms with van der Waals surface area (Å²) in [6.07, 6.45) is 1.68. The average Bonchev–Trinajstić information content (AvgIpc) is 2.51. The van der Waals surface area contributed by atoms with Gasteiger partial charge in [-0.2, -0.15) is 5.10 Å². The molecule has 0 aromatic heterocycles. The van der Waals surface area contributed by atoms with Crippen molar-refractivity contribution < 1.29 is 13.9 Å². The molecule has 5 heteroatoms. The second-order valence-corrected chi connectivity index (χ2v) is 4.57. The van der Waals surface area contributed by atoms with Crippen LogP contribution in [0.3, 0.4) is 0 Å². The molecule has 0 atom stereocenters. The van der Waals surface area contributed by atoms with E-state index in [1.807, 2.05) is 31.2 Å². The summed E-state index contributed by atoms with van der Waals surface area (Å²) in [5.74, 6) is 0.119. The van der Waals surface area contributed by atoms with E-state index in [1.165, 1.54) is 18.3 Å². The maximum atomic E-state index is 12.8. The molecule has 1 amide bonds. The van der Waals surface area contributed by atoms with Crippen molar-refractivity contribution in [2.45, 2.75) is 13.3 Å². The van der Waals surface area contributed by atoms with E-state index >= 15 is 0 Å². The highest BCUT2D eigenvalue weighted by Crippen LogP contribution is 2.15. The molecule has 1 N–H and O–H groups in total. The SMILES string of the molecule is CCOc1ccccc1/C=N/NC(=O)Cc1ccc(F)cc1. The van der Waals surface area contributed by atoms with Crippen LogP contribution in [0.4, 0.5) is 4.39 Å². The topological polar surface area (TPSA) is 50.7 Å². The number of ether oxygens (including phenoxy) is 1. The van der Waals surface area contributed by atoms with E-state index in [2.05, 4.69) is 10.5 Å². The van der Waals surface area contributed by atoms with Crippen LogP contribution in [0, 0.1) is 5.82 Å². The number of nitrogens with zero attached hydrogens (tertiary/aromatic N) is 1. The van der Waals surface area contributed by atoms with Gasteiger partial charge in [-0.15, -0.1) is 0 Å². The van der Waals surface area contributed by atoms with Crippen molar-refractivity contribution in [3.8, 4) is 5.75 Å². The maximum absolute atomic E-state index is 12.8. The summed E-state index contributed by atoms with van der Waals surface area (Å²) in [4.78, 5) is 11.7. The minimum Gasteiger partial charge on any atom is -0.493 e. The Labute approximate surface area is 128 Å². The number of hydrogen-bond donors (Lipinski definition) is 1. The Balaban J connectivity index is 1.92. The lowest BCUT2D eigenvalue weighted by atomic mass is 10.1. The third-order valence-corrected chi connectivity index (χ3v) is 2.89. The molecule has 0 fully saturated rings. The van der Waals surface area contributed by atoms with Crippen LogP contribution in [0.2, 0.25) is 0 Å². The summed E-state index contributed by atoms with van der Waals surface area (Å²) >= 11 is 0. The molecule has 0 saturated carbocycles. The Morgan fingerprint density at radius 3 is 2.68 bits per heavy atom. The van der Waals surface area contributed by atoms with Crippen LogP contribution in [0.1, 0.15) is 18.1 Å². The van der Waals surface area contributed by atoms with E-state index in [9.17, 15) is 9.18 Å². The minimum absolute atomic E-state index is 0.144. The normalized spacial score (nSPS) is 10.6. The quantitative estimate of drug-likeness (QED) is 0.659. The van der Waals surface area contributed by atoms with E-state index in [0.717, 1.165) is 11.1 Å². The molecule has 0 radical (unpaired) electrons. The molecular weight excluding hydrogens is 283 g/mol. The third-order valence-electron chi connectivity index (χ3n) is 2.89. The second kappa shape index (κ2) is 7.93. The van der Waals surface area contributed by atoms with E-state index in [0.29, 0.717) is 12.4 Å². The molecule has 0 aliphatic rings. The number of carbonyl (C=O) groups is 1. The van der Waals surface area contributed by atoms with E-state index < -0.39 is 0 Å². The van der Waals surface area contributed by atoms with Crippen LogP contribution in [-0.4, -0.2) is 18.7 Å². The first kappa shape index (κ1) is 15.7. The van der Waals surface area contributed by atoms with Gasteiger partial charge in [-0.1, -0.05) is 24.3 Å². The van der Waals surface area contributed by atoms with E-state index in [4.69, 9.17) is 4.74 Å². The van der Waals surface area contributed by atoms with Gasteiger partial charge in [-0.05, 0) is 36.8 Å². The molecule has 2 aromatic rings. The predicted molar refractivity (Wildman–Crippen MR) is 83.5 cm³/mol. The van der Waals surface area contributed by atoms with Gasteiger partial charge in [-0.25, -0.2) is 9.82 Å². The lowest BCUT2D eigenvalue weighted by molar-refractivity contribution is -0.120. The molecule has 0 heterocycles. The Bertz CT molecular complexity index is 654. The van der Waals surface area contributed by atoms with Crippen LogP contribution in [0.15, 0.2) is 53.6 Å². The van der Waals surface area contributed by atoms with Crippen molar-refractivity contribution in [2.24, 2.45) is 5.10 Å². The molecule has 114 valence electrons. The zero-order chi connectivity index (χ0) is 15.8. The monoisotopic (exact) mass is 300 g/mol. The van der Waals surface area contributed by atoms with Gasteiger partial charge in [-0.3, -0.25) is 4.79 Å². The molecule has 2 aromatic carbocycles. The Hall–Kier alpha value is -2.69. The fraction of sp³-hybridized carbons (Fsp3) is 0.176. The average molecular weight is 300 g/mol. The fourth-order valence-electron chi connectivity index (χ4n) is 1.88. The van der Waals surface area contributed by atoms with Gasteiger partial charge in [0.2, 0.25) is 5.91 Å². The smallest absolute Gasteiger partial charge is 0.244 e. The summed E-state index contributed by atoms with van der Waals surface area (Å²) < 4.78 is 18.2. The first-order valence-electron chi connectivity index (χ1n) is 6.97. The van der Waals surface area contributed by atoms with Crippen molar-refractivity contribution in [3.63, 3.8) is 0 Å². The van der Waals surface area contributed by atoms with Crippen LogP contribution in [0.25, 0.3) is 0 Å². The maximum Gasteiger partial charge on any atom is 0.244 e. The largest absolute Gasteiger partial charge is 0.493 e. The molecule has 0 aliphatic heterocycles. The molecule has 0 bridgehead atoms. The molecule has 4 nitrogen and oxygen atoms in total. The van der Waals surface area contributed by atoms with Crippen molar-refractivity contribution in [2.75, 3.05) is 6.61 Å². The summed E-state index contributed by atoms with van der Waals surface area (Å²) in [7, 11) is 0. The number of para-hydroxylation sites is 1. The minimum atomic E-state index is -0.324. The number of halogens is 1. The number of benzene rings is 2. The molecule has 2 rings (SSSR count). The van der Waals surface area contributed by atoms with Crippen molar-refractivity contribution in [1.82, 2.24) is 5.43 Å². The standard InChI is InChI=1S/C17H17FN2O2/c1-2-22-16-6-4-3-5-14(16)12-19-20-17(21)11-13-7-9-15(18)10-8-13/h3-10,12H,2,11H2,1H3,(H,20,21)/b19-12+. The molecule has 0 unspecified atom stereocenters. The van der Waals surface area contributed by atoms with Crippen LogP contribution in [-0.2, 0) is 11.2 Å². The predicted octanol–water partition coefficient (Wildman–Crippen LogP) is 2.92. The first-order valence-corrected chi connectivity index (χ1v) is 6.97. The van der Waals surface area contributed by atoms with Crippen LogP contribution >= 0.6 is 0 Å². The van der Waals surface area contributed by atoms with Gasteiger partial charge in [0.25, 0.3) is 0 Å². The highest BCUT2D eigenvalue weighted by Gasteiger charge is 2.03. The zero-order valence-electron chi connectivity index (χ0n) is 12.3. The Kier molecular flexibility index (Phi) is 5.65. The highest BCUT2D eigenvalue weighted by molar-refractivity contribution is 5.85. The van der Waals surface area contributed by atoms with Gasteiger partial charge in [0.15, 0.2) is 0 Å². The van der Waals surface area contributed by atoms with Gasteiger partial charge < -0.3 is 4.74 Å². The summed E-state index contributed by atoms with van der Waals surface area (Å²) in [5, 5.41) is 3.92. The molecule has 22 heavy (non-hydrogen) atoms. The summed E-state index contributed by atoms with van der Waals surface area (Å²) in [6, 6.07) is 13.2.